The molecule has 0 amide bonds. The van der Waals surface area contributed by atoms with Gasteiger partial charge in [0.25, 0.3) is 0 Å². The minimum absolute atomic E-state index is 0.00487. The van der Waals surface area contributed by atoms with Crippen LogP contribution in [0.15, 0.2) is 97.2 Å². The summed E-state index contributed by atoms with van der Waals surface area (Å²) >= 11 is 0. The molecule has 0 saturated carbocycles. The predicted molar refractivity (Wildman–Crippen MR) is 315 cm³/mol. The fraction of sp³-hybridized carbons (Fsp3) is 0.733. The molecule has 2 rings (SSSR count). The highest BCUT2D eigenvalue weighted by atomic mass is 32.3. The van der Waals surface area contributed by atoms with Crippen molar-refractivity contribution in [2.24, 2.45) is 5.92 Å². The number of hydrogen-bond donors (Lipinski definition) is 20. The lowest BCUT2D eigenvalue weighted by molar-refractivity contribution is -0.234. The molecule has 498 valence electrons. The van der Waals surface area contributed by atoms with Crippen molar-refractivity contribution < 1.29 is 124 Å². The number of unbranched alkanes of at least 4 members (excludes halogenated alkanes) is 3. The summed E-state index contributed by atoms with van der Waals surface area (Å²) in [5.41, 5.74) is 0.410. The van der Waals surface area contributed by atoms with E-state index in [4.69, 9.17) is 14.0 Å². The van der Waals surface area contributed by atoms with E-state index in [9.17, 15) is 105 Å². The van der Waals surface area contributed by atoms with Crippen LogP contribution in [0.3, 0.4) is 0 Å². The fourth-order valence-corrected chi connectivity index (χ4v) is 10.2. The SMILES string of the molecule is C=CCCC(O)C=CC=CC(O)CCC=CC(O)C(O)C1OC(C(O)C(O)C(=C)CCC(O)C2CC(O)C(O)C(C(O)C(O)C=C(C)CCC(O)CC(O)C(O)C(C)C(O)C(O)CC=CCC(O)C=CCCCCCOS(=O)(=O)O)O2)CC(O)C1O. The number of allylic oxidation sites excluding steroid dienone is 6. The third-order valence-corrected chi connectivity index (χ3v) is 15.9. The summed E-state index contributed by atoms with van der Waals surface area (Å²) in [6.07, 6.45) is -12.5. The summed E-state index contributed by atoms with van der Waals surface area (Å²) in [7, 11) is -4.46. The highest BCUT2D eigenvalue weighted by molar-refractivity contribution is 7.80. The van der Waals surface area contributed by atoms with E-state index in [1.54, 1.807) is 55.5 Å². The van der Waals surface area contributed by atoms with Crippen LogP contribution in [-0.4, -0.2) is 257 Å². The molecule has 0 aromatic carbocycles. The van der Waals surface area contributed by atoms with E-state index in [0.29, 0.717) is 44.1 Å². The molecule has 2 aliphatic heterocycles. The molecule has 26 heteroatoms. The van der Waals surface area contributed by atoms with Crippen LogP contribution in [0.5, 0.6) is 0 Å². The second-order valence-electron chi connectivity index (χ2n) is 22.8. The molecule has 0 bridgehead atoms. The first-order valence-corrected chi connectivity index (χ1v) is 30.9. The van der Waals surface area contributed by atoms with E-state index < -0.39 is 163 Å². The Balaban J connectivity index is 1.85. The van der Waals surface area contributed by atoms with Crippen LogP contribution in [-0.2, 0) is 24.1 Å². The minimum Gasteiger partial charge on any atom is -0.393 e. The van der Waals surface area contributed by atoms with Crippen LogP contribution in [0.1, 0.15) is 123 Å². The first-order chi connectivity index (χ1) is 40.4. The smallest absolute Gasteiger partial charge is 0.393 e. The highest BCUT2D eigenvalue weighted by Gasteiger charge is 2.47. The molecule has 20 N–H and O–H groups in total. The predicted octanol–water partition coefficient (Wildman–Crippen LogP) is -1.06. The molecule has 2 heterocycles. The van der Waals surface area contributed by atoms with E-state index in [1.807, 2.05) is 0 Å². The molecule has 0 aromatic heterocycles. The fourth-order valence-electron chi connectivity index (χ4n) is 9.84. The average Bonchev–Trinajstić information content (AvgIpc) is 1.29. The Hall–Kier alpha value is -3.05. The molecule has 2 aliphatic rings. The Morgan fingerprint density at radius 3 is 1.76 bits per heavy atom. The van der Waals surface area contributed by atoms with E-state index in [0.717, 1.165) is 0 Å². The Kier molecular flexibility index (Phi) is 38.0. The maximum absolute atomic E-state index is 11.2. The summed E-state index contributed by atoms with van der Waals surface area (Å²) in [4.78, 5) is 0. The first kappa shape index (κ1) is 79.0. The lowest BCUT2D eigenvalue weighted by Crippen LogP contribution is -2.59. The van der Waals surface area contributed by atoms with Gasteiger partial charge in [0.05, 0.1) is 86.0 Å². The van der Waals surface area contributed by atoms with Crippen LogP contribution >= 0.6 is 0 Å². The van der Waals surface area contributed by atoms with Crippen molar-refractivity contribution in [3.05, 3.63) is 97.2 Å². The van der Waals surface area contributed by atoms with Crippen molar-refractivity contribution >= 4 is 10.4 Å². The standard InChI is InChI=1S/C60H102O25S/c1-5-6-18-38(61)20-11-12-21-40(63)23-14-16-25-44(67)54(75)59-57(78)48(71)34-50(85-59)58(79)51(72)36(3)27-29-42(65)49-33-47(70)56(77)60(84-49)55(76)45(68)31-35(2)26-28-41(64)32-46(69)53(74)37(4)52(73)43(66)24-15-13-22-39(62)19-10-8-7-9-17-30-83-86(80,81)82/h5,10-13,15-16,19-21,25,31,37-79H,1,3,6-9,14,17-18,22-24,26-30,32-34H2,2,4H3,(H,80,81,82). The summed E-state index contributed by atoms with van der Waals surface area (Å²) < 4.78 is 45.4. The van der Waals surface area contributed by atoms with E-state index in [-0.39, 0.29) is 76.4 Å². The second kappa shape index (κ2) is 41.4. The number of rotatable bonds is 43. The molecule has 0 aliphatic carbocycles. The van der Waals surface area contributed by atoms with Gasteiger partial charge in [0, 0.05) is 25.2 Å². The van der Waals surface area contributed by atoms with Gasteiger partial charge in [0.2, 0.25) is 0 Å². The lowest BCUT2D eigenvalue weighted by atomic mass is 9.86. The summed E-state index contributed by atoms with van der Waals surface area (Å²) in [5, 5.41) is 204. The molecule has 2 fully saturated rings. The molecule has 24 unspecified atom stereocenters. The summed E-state index contributed by atoms with van der Waals surface area (Å²) in [6.45, 7) is 10.2. The van der Waals surface area contributed by atoms with E-state index >= 15 is 0 Å². The zero-order valence-electron chi connectivity index (χ0n) is 49.3. The number of aliphatic hydroxyl groups excluding tert-OH is 19. The zero-order chi connectivity index (χ0) is 64.8. The van der Waals surface area contributed by atoms with Gasteiger partial charge in [-0.3, -0.25) is 4.55 Å². The summed E-state index contributed by atoms with van der Waals surface area (Å²) in [6, 6.07) is 0. The quantitative estimate of drug-likeness (QED) is 0.0150. The number of aliphatic hydroxyl groups is 19. The largest absolute Gasteiger partial charge is 0.397 e. The van der Waals surface area contributed by atoms with Crippen LogP contribution in [0, 0.1) is 5.92 Å². The third-order valence-electron chi connectivity index (χ3n) is 15.4. The number of hydrogen-bond acceptors (Lipinski definition) is 24. The molecule has 0 aromatic rings. The third kappa shape index (κ3) is 29.7. The van der Waals surface area contributed by atoms with Gasteiger partial charge in [-0.2, -0.15) is 8.42 Å². The van der Waals surface area contributed by atoms with Gasteiger partial charge in [0.1, 0.15) is 61.0 Å². The maximum Gasteiger partial charge on any atom is 0.397 e. The van der Waals surface area contributed by atoms with Gasteiger partial charge < -0.3 is 106 Å². The Labute approximate surface area is 505 Å². The van der Waals surface area contributed by atoms with E-state index in [1.165, 1.54) is 31.2 Å². The molecule has 2 saturated heterocycles. The van der Waals surface area contributed by atoms with Crippen molar-refractivity contribution in [3.8, 4) is 0 Å². The van der Waals surface area contributed by atoms with Crippen LogP contribution in [0.25, 0.3) is 0 Å². The van der Waals surface area contributed by atoms with Crippen LogP contribution in [0.4, 0.5) is 0 Å². The molecule has 86 heavy (non-hydrogen) atoms. The molecule has 0 spiro atoms. The summed E-state index contributed by atoms with van der Waals surface area (Å²) in [5.74, 6) is -1.04. The maximum atomic E-state index is 11.2. The van der Waals surface area contributed by atoms with Gasteiger partial charge in [-0.1, -0.05) is 98.4 Å². The molecular formula is C60H102O25S. The average molecular weight is 1260 g/mol. The van der Waals surface area contributed by atoms with Crippen molar-refractivity contribution in [1.82, 2.24) is 0 Å². The van der Waals surface area contributed by atoms with Gasteiger partial charge in [0.15, 0.2) is 0 Å². The monoisotopic (exact) mass is 1250 g/mol. The van der Waals surface area contributed by atoms with E-state index in [2.05, 4.69) is 17.3 Å². The van der Waals surface area contributed by atoms with Gasteiger partial charge in [-0.15, -0.1) is 6.58 Å². The minimum atomic E-state index is -4.46. The van der Waals surface area contributed by atoms with Crippen LogP contribution in [0.2, 0.25) is 0 Å². The molecule has 0 radical (unpaired) electrons. The van der Waals surface area contributed by atoms with Gasteiger partial charge in [-0.25, -0.2) is 4.18 Å². The van der Waals surface area contributed by atoms with Crippen LogP contribution < -0.4 is 0 Å². The first-order valence-electron chi connectivity index (χ1n) is 29.6. The lowest BCUT2D eigenvalue weighted by Gasteiger charge is -2.42. The normalized spacial score (nSPS) is 27.8. The van der Waals surface area contributed by atoms with Crippen molar-refractivity contribution in [2.45, 2.75) is 263 Å². The van der Waals surface area contributed by atoms with Crippen molar-refractivity contribution in [2.75, 3.05) is 6.61 Å². The number of ether oxygens (including phenoxy) is 2. The Bertz CT molecular complexity index is 2190. The molecular weight excluding hydrogens is 1150 g/mol. The van der Waals surface area contributed by atoms with Gasteiger partial charge >= 0.3 is 10.4 Å². The second-order valence-corrected chi connectivity index (χ2v) is 23.8. The van der Waals surface area contributed by atoms with Gasteiger partial charge in [-0.05, 0) is 96.0 Å². The molecule has 24 atom stereocenters. The Morgan fingerprint density at radius 1 is 0.605 bits per heavy atom. The topological polar surface area (TPSA) is 466 Å². The Morgan fingerprint density at radius 2 is 1.15 bits per heavy atom. The van der Waals surface area contributed by atoms with Crippen molar-refractivity contribution in [3.63, 3.8) is 0 Å². The highest BCUT2D eigenvalue weighted by Crippen LogP contribution is 2.32. The molecule has 25 nitrogen and oxygen atoms in total. The van der Waals surface area contributed by atoms with Crippen molar-refractivity contribution in [1.29, 1.82) is 0 Å². The zero-order valence-corrected chi connectivity index (χ0v) is 50.1.